The Kier molecular flexibility index (Phi) is 5.54. The molecule has 7 nitrogen and oxygen atoms in total. The van der Waals surface area contributed by atoms with Crippen molar-refractivity contribution in [2.75, 3.05) is 23.1 Å². The first-order valence-corrected chi connectivity index (χ1v) is 8.90. The van der Waals surface area contributed by atoms with Crippen LogP contribution in [0.25, 0.3) is 0 Å². The van der Waals surface area contributed by atoms with E-state index >= 15 is 0 Å². The third-order valence-electron chi connectivity index (χ3n) is 4.01. The Bertz CT molecular complexity index is 926. The van der Waals surface area contributed by atoms with Crippen molar-refractivity contribution < 1.29 is 14.1 Å². The lowest BCUT2D eigenvalue weighted by Crippen LogP contribution is -2.19. The molecule has 0 radical (unpaired) electrons. The number of urea groups is 1. The topological polar surface area (TPSA) is 88.4 Å². The standard InChI is InChI=1S/C21H24N4O3/c1-21(2,3)18-13-19(25-28-18)24-20(26)23-16-7-5-14(6-8-16)22-15-9-11-17(27-4)12-10-15/h5-13,22H,1-4H3,(H2,23,24,25,26). The largest absolute Gasteiger partial charge is 0.497 e. The van der Waals surface area contributed by atoms with E-state index in [4.69, 9.17) is 9.26 Å². The number of nitrogens with zero attached hydrogens (tertiary/aromatic N) is 1. The number of carbonyl (C=O) groups excluding carboxylic acids is 1. The molecule has 1 aromatic heterocycles. The van der Waals surface area contributed by atoms with Crippen LogP contribution in [0.1, 0.15) is 26.5 Å². The first kappa shape index (κ1) is 19.3. The van der Waals surface area contributed by atoms with E-state index in [0.29, 0.717) is 17.3 Å². The summed E-state index contributed by atoms with van der Waals surface area (Å²) in [6.07, 6.45) is 0. The van der Waals surface area contributed by atoms with Gasteiger partial charge in [0, 0.05) is 28.5 Å². The number of nitrogens with one attached hydrogen (secondary N) is 3. The van der Waals surface area contributed by atoms with Gasteiger partial charge in [0.1, 0.15) is 11.5 Å². The summed E-state index contributed by atoms with van der Waals surface area (Å²) in [6, 6.07) is 16.4. The van der Waals surface area contributed by atoms with Gasteiger partial charge in [0.15, 0.2) is 5.82 Å². The number of anilines is 4. The highest BCUT2D eigenvalue weighted by atomic mass is 16.5. The highest BCUT2D eigenvalue weighted by molar-refractivity contribution is 5.99. The molecule has 0 aliphatic rings. The molecule has 0 bridgehead atoms. The van der Waals surface area contributed by atoms with E-state index in [0.717, 1.165) is 17.1 Å². The van der Waals surface area contributed by atoms with E-state index in [9.17, 15) is 4.79 Å². The van der Waals surface area contributed by atoms with Crippen LogP contribution < -0.4 is 20.7 Å². The molecule has 0 aliphatic heterocycles. The molecule has 0 saturated heterocycles. The van der Waals surface area contributed by atoms with Gasteiger partial charge >= 0.3 is 6.03 Å². The van der Waals surface area contributed by atoms with Crippen molar-refractivity contribution in [3.8, 4) is 5.75 Å². The molecule has 3 rings (SSSR count). The van der Waals surface area contributed by atoms with Crippen LogP contribution in [-0.2, 0) is 5.41 Å². The van der Waals surface area contributed by atoms with Gasteiger partial charge in [0.05, 0.1) is 7.11 Å². The minimum Gasteiger partial charge on any atom is -0.497 e. The van der Waals surface area contributed by atoms with E-state index in [1.165, 1.54) is 0 Å². The van der Waals surface area contributed by atoms with Gasteiger partial charge in [-0.1, -0.05) is 25.9 Å². The van der Waals surface area contributed by atoms with Crippen molar-refractivity contribution in [3.05, 3.63) is 60.4 Å². The quantitative estimate of drug-likeness (QED) is 0.554. The summed E-state index contributed by atoms with van der Waals surface area (Å²) in [6.45, 7) is 6.04. The number of ether oxygens (including phenoxy) is 1. The van der Waals surface area contributed by atoms with E-state index in [-0.39, 0.29) is 11.4 Å². The lowest BCUT2D eigenvalue weighted by Gasteiger charge is -2.12. The van der Waals surface area contributed by atoms with E-state index in [1.54, 1.807) is 13.2 Å². The van der Waals surface area contributed by atoms with Crippen molar-refractivity contribution in [1.29, 1.82) is 0 Å². The zero-order valence-electron chi connectivity index (χ0n) is 16.4. The van der Waals surface area contributed by atoms with Crippen LogP contribution in [0.2, 0.25) is 0 Å². The first-order valence-electron chi connectivity index (χ1n) is 8.90. The average molecular weight is 380 g/mol. The summed E-state index contributed by atoms with van der Waals surface area (Å²) in [5.41, 5.74) is 2.34. The first-order chi connectivity index (χ1) is 13.3. The maximum absolute atomic E-state index is 12.1. The predicted octanol–water partition coefficient (Wildman–Crippen LogP) is 5.37. The minimum absolute atomic E-state index is 0.171. The number of aromatic nitrogens is 1. The molecule has 3 aromatic rings. The number of amides is 2. The molecule has 0 atom stereocenters. The Labute approximate surface area is 164 Å². The summed E-state index contributed by atoms with van der Waals surface area (Å²) >= 11 is 0. The van der Waals surface area contributed by atoms with Crippen LogP contribution in [0.4, 0.5) is 27.7 Å². The summed E-state index contributed by atoms with van der Waals surface area (Å²) in [7, 11) is 1.64. The summed E-state index contributed by atoms with van der Waals surface area (Å²) < 4.78 is 10.4. The van der Waals surface area contributed by atoms with Crippen LogP contribution in [0.5, 0.6) is 5.75 Å². The zero-order valence-corrected chi connectivity index (χ0v) is 16.4. The maximum Gasteiger partial charge on any atom is 0.324 e. The third-order valence-corrected chi connectivity index (χ3v) is 4.01. The molecule has 2 aromatic carbocycles. The number of methoxy groups -OCH3 is 1. The SMILES string of the molecule is COc1ccc(Nc2ccc(NC(=O)Nc3cc(C(C)(C)C)on3)cc2)cc1. The van der Waals surface area contributed by atoms with Crippen molar-refractivity contribution >= 4 is 28.9 Å². The molecule has 0 aliphatic carbocycles. The fourth-order valence-electron chi connectivity index (χ4n) is 2.44. The predicted molar refractivity (Wildman–Crippen MR) is 111 cm³/mol. The molecule has 7 heteroatoms. The van der Waals surface area contributed by atoms with Crippen LogP contribution in [-0.4, -0.2) is 18.3 Å². The highest BCUT2D eigenvalue weighted by Crippen LogP contribution is 2.25. The number of carbonyl (C=O) groups is 1. The third kappa shape index (κ3) is 5.03. The Morgan fingerprint density at radius 1 is 0.929 bits per heavy atom. The molecular weight excluding hydrogens is 356 g/mol. The van der Waals surface area contributed by atoms with Crippen molar-refractivity contribution in [3.63, 3.8) is 0 Å². The van der Waals surface area contributed by atoms with Gasteiger partial charge in [-0.2, -0.15) is 0 Å². The van der Waals surface area contributed by atoms with E-state index in [1.807, 2.05) is 69.3 Å². The molecule has 146 valence electrons. The maximum atomic E-state index is 12.1. The molecule has 0 saturated carbocycles. The monoisotopic (exact) mass is 380 g/mol. The lowest BCUT2D eigenvalue weighted by atomic mass is 9.93. The molecule has 0 unspecified atom stereocenters. The van der Waals surface area contributed by atoms with Crippen LogP contribution in [0.3, 0.4) is 0 Å². The second-order valence-electron chi connectivity index (χ2n) is 7.34. The van der Waals surface area contributed by atoms with Crippen molar-refractivity contribution in [1.82, 2.24) is 5.16 Å². The molecule has 1 heterocycles. The fraction of sp³-hybridized carbons (Fsp3) is 0.238. The second-order valence-corrected chi connectivity index (χ2v) is 7.34. The fourth-order valence-corrected chi connectivity index (χ4v) is 2.44. The van der Waals surface area contributed by atoms with Gasteiger partial charge in [-0.3, -0.25) is 5.32 Å². The van der Waals surface area contributed by atoms with Crippen LogP contribution in [0.15, 0.2) is 59.1 Å². The van der Waals surface area contributed by atoms with Gasteiger partial charge in [0.2, 0.25) is 0 Å². The van der Waals surface area contributed by atoms with Gasteiger partial charge in [-0.05, 0) is 48.5 Å². The number of hydrogen-bond acceptors (Lipinski definition) is 5. The molecule has 3 N–H and O–H groups in total. The smallest absolute Gasteiger partial charge is 0.324 e. The van der Waals surface area contributed by atoms with E-state index in [2.05, 4.69) is 21.1 Å². The molecule has 2 amide bonds. The Hall–Kier alpha value is -3.48. The Morgan fingerprint density at radius 2 is 1.50 bits per heavy atom. The number of hydrogen-bond donors (Lipinski definition) is 3. The zero-order chi connectivity index (χ0) is 20.1. The second kappa shape index (κ2) is 8.04. The molecule has 28 heavy (non-hydrogen) atoms. The van der Waals surface area contributed by atoms with E-state index < -0.39 is 0 Å². The number of benzene rings is 2. The van der Waals surface area contributed by atoms with Crippen molar-refractivity contribution in [2.45, 2.75) is 26.2 Å². The average Bonchev–Trinajstić information content (AvgIpc) is 3.13. The molecule has 0 fully saturated rings. The normalized spacial score (nSPS) is 11.0. The Balaban J connectivity index is 1.56. The molecular formula is C21H24N4O3. The Morgan fingerprint density at radius 3 is 2.04 bits per heavy atom. The minimum atomic E-state index is -0.385. The van der Waals surface area contributed by atoms with Gasteiger partial charge in [-0.15, -0.1) is 0 Å². The van der Waals surface area contributed by atoms with Crippen molar-refractivity contribution in [2.24, 2.45) is 0 Å². The van der Waals surface area contributed by atoms with Crippen LogP contribution >= 0.6 is 0 Å². The molecule has 0 spiro atoms. The summed E-state index contributed by atoms with van der Waals surface area (Å²) in [5, 5.41) is 12.6. The highest BCUT2D eigenvalue weighted by Gasteiger charge is 2.20. The van der Waals surface area contributed by atoms with Crippen LogP contribution in [0, 0.1) is 0 Å². The number of rotatable bonds is 5. The summed E-state index contributed by atoms with van der Waals surface area (Å²) in [5.74, 6) is 1.88. The lowest BCUT2D eigenvalue weighted by molar-refractivity contribution is 0.262. The van der Waals surface area contributed by atoms with Gasteiger partial charge < -0.3 is 19.9 Å². The van der Waals surface area contributed by atoms with Gasteiger partial charge in [0.25, 0.3) is 0 Å². The summed E-state index contributed by atoms with van der Waals surface area (Å²) in [4.78, 5) is 12.1. The van der Waals surface area contributed by atoms with Gasteiger partial charge in [-0.25, -0.2) is 4.79 Å².